The molecule has 3 aromatic carbocycles. The average molecular weight is 408 g/mol. The Morgan fingerprint density at radius 3 is 0.968 bits per heavy atom. The zero-order chi connectivity index (χ0) is 21.9. The molecular formula is C30H33N. The van der Waals surface area contributed by atoms with Crippen molar-refractivity contribution in [1.82, 2.24) is 4.90 Å². The number of nitrogens with zero attached hydrogens (tertiary/aromatic N) is 1. The van der Waals surface area contributed by atoms with Crippen LogP contribution in [0.2, 0.25) is 0 Å². The van der Waals surface area contributed by atoms with Crippen LogP contribution in [0.4, 0.5) is 0 Å². The lowest BCUT2D eigenvalue weighted by atomic mass is 9.89. The lowest BCUT2D eigenvalue weighted by Gasteiger charge is -2.44. The van der Waals surface area contributed by atoms with E-state index in [0.717, 1.165) is 19.3 Å². The van der Waals surface area contributed by atoms with Gasteiger partial charge in [0.1, 0.15) is 0 Å². The van der Waals surface area contributed by atoms with Crippen LogP contribution in [0.1, 0.15) is 54.1 Å². The van der Waals surface area contributed by atoms with Crippen LogP contribution in [-0.4, -0.2) is 4.90 Å². The molecule has 158 valence electrons. The van der Waals surface area contributed by atoms with Gasteiger partial charge in [-0.1, -0.05) is 109 Å². The van der Waals surface area contributed by atoms with Gasteiger partial charge in [-0.3, -0.25) is 4.90 Å². The highest BCUT2D eigenvalue weighted by atomic mass is 15.2. The van der Waals surface area contributed by atoms with Crippen molar-refractivity contribution >= 4 is 0 Å². The highest BCUT2D eigenvalue weighted by Gasteiger charge is 2.33. The Labute approximate surface area is 188 Å². The lowest BCUT2D eigenvalue weighted by Crippen LogP contribution is -2.36. The third-order valence-electron chi connectivity index (χ3n) is 5.80. The Hall–Kier alpha value is -3.16. The Bertz CT molecular complexity index is 803. The maximum absolute atomic E-state index is 4.10. The Morgan fingerprint density at radius 1 is 0.484 bits per heavy atom. The zero-order valence-electron chi connectivity index (χ0n) is 18.3. The van der Waals surface area contributed by atoms with Gasteiger partial charge < -0.3 is 0 Å². The fraction of sp³-hybridized carbons (Fsp3) is 0.200. The molecule has 0 radical (unpaired) electrons. The quantitative estimate of drug-likeness (QED) is 0.273. The van der Waals surface area contributed by atoms with E-state index >= 15 is 0 Å². The summed E-state index contributed by atoms with van der Waals surface area (Å²) in [6.45, 7) is 12.3. The van der Waals surface area contributed by atoms with Gasteiger partial charge in [0, 0.05) is 18.1 Å². The molecule has 0 saturated carbocycles. The smallest absolute Gasteiger partial charge is 0.0394 e. The average Bonchev–Trinajstić information content (AvgIpc) is 2.84. The van der Waals surface area contributed by atoms with Gasteiger partial charge in [-0.15, -0.1) is 19.7 Å². The second-order valence-corrected chi connectivity index (χ2v) is 7.80. The first kappa shape index (κ1) is 22.5. The first-order chi connectivity index (χ1) is 15.3. The van der Waals surface area contributed by atoms with Gasteiger partial charge in [-0.25, -0.2) is 0 Å². The summed E-state index contributed by atoms with van der Waals surface area (Å²) in [5, 5.41) is 0. The van der Waals surface area contributed by atoms with E-state index in [-0.39, 0.29) is 18.1 Å². The molecule has 3 atom stereocenters. The minimum Gasteiger partial charge on any atom is -0.281 e. The van der Waals surface area contributed by atoms with Crippen molar-refractivity contribution in [2.75, 3.05) is 0 Å². The Balaban J connectivity index is 2.20. The number of hydrogen-bond donors (Lipinski definition) is 0. The predicted octanol–water partition coefficient (Wildman–Crippen LogP) is 8.24. The summed E-state index contributed by atoms with van der Waals surface area (Å²) in [5.74, 6) is 0. The third-order valence-corrected chi connectivity index (χ3v) is 5.80. The largest absolute Gasteiger partial charge is 0.281 e. The molecule has 1 heteroatoms. The monoisotopic (exact) mass is 407 g/mol. The molecule has 0 spiro atoms. The van der Waals surface area contributed by atoms with E-state index in [2.05, 4.69) is 116 Å². The van der Waals surface area contributed by atoms with Crippen molar-refractivity contribution < 1.29 is 0 Å². The Morgan fingerprint density at radius 2 is 0.742 bits per heavy atom. The maximum atomic E-state index is 4.10. The molecule has 3 rings (SSSR count). The zero-order valence-corrected chi connectivity index (χ0v) is 18.3. The summed E-state index contributed by atoms with van der Waals surface area (Å²) in [4.78, 5) is 2.66. The van der Waals surface area contributed by atoms with E-state index in [1.807, 2.05) is 18.2 Å². The summed E-state index contributed by atoms with van der Waals surface area (Å²) in [6, 6.07) is 32.9. The molecule has 3 unspecified atom stereocenters. The van der Waals surface area contributed by atoms with E-state index in [1.54, 1.807) is 0 Å². The van der Waals surface area contributed by atoms with Crippen LogP contribution in [0.3, 0.4) is 0 Å². The minimum atomic E-state index is 0.189. The molecule has 0 aliphatic carbocycles. The van der Waals surface area contributed by atoms with Gasteiger partial charge in [0.25, 0.3) is 0 Å². The van der Waals surface area contributed by atoms with Gasteiger partial charge in [0.05, 0.1) is 0 Å². The maximum Gasteiger partial charge on any atom is 0.0394 e. The van der Waals surface area contributed by atoms with E-state index in [4.69, 9.17) is 0 Å². The highest BCUT2D eigenvalue weighted by Crippen LogP contribution is 2.43. The SMILES string of the molecule is C=CCC(c1ccccc1)N(C(CC=C)c1ccccc1)C(CC=C)c1ccccc1. The van der Waals surface area contributed by atoms with Crippen molar-refractivity contribution in [2.24, 2.45) is 0 Å². The van der Waals surface area contributed by atoms with Crippen LogP contribution in [0.25, 0.3) is 0 Å². The van der Waals surface area contributed by atoms with Crippen molar-refractivity contribution in [3.05, 3.63) is 146 Å². The Kier molecular flexibility index (Phi) is 8.63. The summed E-state index contributed by atoms with van der Waals surface area (Å²) < 4.78 is 0. The van der Waals surface area contributed by atoms with Crippen LogP contribution in [0, 0.1) is 0 Å². The number of rotatable bonds is 12. The normalized spacial score (nSPS) is 13.8. The van der Waals surface area contributed by atoms with Gasteiger partial charge in [-0.05, 0) is 36.0 Å². The number of benzene rings is 3. The molecule has 0 heterocycles. The molecule has 0 aromatic heterocycles. The third kappa shape index (κ3) is 5.71. The minimum absolute atomic E-state index is 0.189. The number of hydrogen-bond acceptors (Lipinski definition) is 1. The van der Waals surface area contributed by atoms with E-state index < -0.39 is 0 Å². The molecule has 1 nitrogen and oxygen atoms in total. The predicted molar refractivity (Wildman–Crippen MR) is 134 cm³/mol. The molecule has 0 aliphatic rings. The molecule has 0 bridgehead atoms. The molecule has 0 N–H and O–H groups in total. The van der Waals surface area contributed by atoms with Crippen LogP contribution >= 0.6 is 0 Å². The summed E-state index contributed by atoms with van der Waals surface area (Å²) in [6.07, 6.45) is 8.71. The molecule has 0 amide bonds. The fourth-order valence-corrected chi connectivity index (χ4v) is 4.44. The van der Waals surface area contributed by atoms with Crippen LogP contribution < -0.4 is 0 Å². The van der Waals surface area contributed by atoms with Crippen molar-refractivity contribution in [3.8, 4) is 0 Å². The van der Waals surface area contributed by atoms with E-state index in [9.17, 15) is 0 Å². The van der Waals surface area contributed by atoms with E-state index in [1.165, 1.54) is 16.7 Å². The molecular weight excluding hydrogens is 374 g/mol. The molecule has 0 aliphatic heterocycles. The second kappa shape index (κ2) is 11.9. The van der Waals surface area contributed by atoms with Gasteiger partial charge in [0.2, 0.25) is 0 Å². The van der Waals surface area contributed by atoms with Crippen LogP contribution in [0.15, 0.2) is 129 Å². The van der Waals surface area contributed by atoms with Crippen LogP contribution in [-0.2, 0) is 0 Å². The first-order valence-corrected chi connectivity index (χ1v) is 11.0. The van der Waals surface area contributed by atoms with Gasteiger partial charge in [-0.2, -0.15) is 0 Å². The van der Waals surface area contributed by atoms with Gasteiger partial charge >= 0.3 is 0 Å². The highest BCUT2D eigenvalue weighted by molar-refractivity contribution is 5.28. The standard InChI is InChI=1S/C30H33N/c1-4-16-28(25-19-10-7-11-20-25)31(29(17-5-2)26-21-12-8-13-22-26)30(18-6-3)27-23-14-9-15-24-27/h4-15,19-24,28-30H,1-3,16-18H2. The van der Waals surface area contributed by atoms with Gasteiger partial charge in [0.15, 0.2) is 0 Å². The molecule has 0 saturated heterocycles. The second-order valence-electron chi connectivity index (χ2n) is 7.80. The summed E-state index contributed by atoms with van der Waals surface area (Å²) in [7, 11) is 0. The summed E-state index contributed by atoms with van der Waals surface area (Å²) >= 11 is 0. The van der Waals surface area contributed by atoms with Crippen molar-refractivity contribution in [3.63, 3.8) is 0 Å². The van der Waals surface area contributed by atoms with Crippen molar-refractivity contribution in [1.29, 1.82) is 0 Å². The topological polar surface area (TPSA) is 3.24 Å². The molecule has 0 fully saturated rings. The van der Waals surface area contributed by atoms with E-state index in [0.29, 0.717) is 0 Å². The first-order valence-electron chi connectivity index (χ1n) is 11.0. The fourth-order valence-electron chi connectivity index (χ4n) is 4.44. The van der Waals surface area contributed by atoms with Crippen LogP contribution in [0.5, 0.6) is 0 Å². The molecule has 3 aromatic rings. The molecule has 31 heavy (non-hydrogen) atoms. The summed E-state index contributed by atoms with van der Waals surface area (Å²) in [5.41, 5.74) is 3.91. The van der Waals surface area contributed by atoms with Crippen molar-refractivity contribution in [2.45, 2.75) is 37.4 Å². The lowest BCUT2D eigenvalue weighted by molar-refractivity contribution is 0.0770.